The van der Waals surface area contributed by atoms with E-state index in [1.54, 1.807) is 6.33 Å². The highest BCUT2D eigenvalue weighted by Gasteiger charge is 2.12. The van der Waals surface area contributed by atoms with Crippen LogP contribution in [-0.2, 0) is 31.5 Å². The van der Waals surface area contributed by atoms with Gasteiger partial charge in [-0.15, -0.1) is 10.2 Å². The summed E-state index contributed by atoms with van der Waals surface area (Å²) in [5.74, 6) is 0.962. The monoisotopic (exact) mass is 318 g/mol. The van der Waals surface area contributed by atoms with Crippen LogP contribution < -0.4 is 0 Å². The summed E-state index contributed by atoms with van der Waals surface area (Å²) in [6.45, 7) is 6.27. The molecule has 1 N–H and O–H groups in total. The van der Waals surface area contributed by atoms with Gasteiger partial charge in [-0.3, -0.25) is 9.69 Å². The van der Waals surface area contributed by atoms with Crippen LogP contribution in [0, 0.1) is 18.3 Å². The fraction of sp³-hybridized carbons (Fsp3) is 0.467. The summed E-state index contributed by atoms with van der Waals surface area (Å²) in [4.78, 5) is 10.5. The summed E-state index contributed by atoms with van der Waals surface area (Å²) < 4.78 is 3.97. The number of nitriles is 1. The maximum Gasteiger partial charge on any atom is 0.290 e. The highest BCUT2D eigenvalue weighted by atomic mass is 16.3. The van der Waals surface area contributed by atoms with Gasteiger partial charge in [-0.05, 0) is 32.5 Å². The SMILES string of the molecule is CCn1cnnc1CN(C)Cc1cc(C#N)n(C)c1C.O=CO. The molecule has 0 bridgehead atoms. The predicted molar refractivity (Wildman–Crippen MR) is 84.4 cm³/mol. The lowest BCUT2D eigenvalue weighted by molar-refractivity contribution is -0.122. The molecule has 124 valence electrons. The zero-order valence-electron chi connectivity index (χ0n) is 13.9. The van der Waals surface area contributed by atoms with Gasteiger partial charge in [0.2, 0.25) is 0 Å². The van der Waals surface area contributed by atoms with Gasteiger partial charge in [0.05, 0.1) is 6.54 Å². The summed E-state index contributed by atoms with van der Waals surface area (Å²) in [7, 11) is 3.97. The molecule has 0 amide bonds. The second-order valence-corrected chi connectivity index (χ2v) is 5.12. The Balaban J connectivity index is 0.000000816. The standard InChI is InChI=1S/C14H20N6.CH2O2/c1-5-20-10-16-17-14(20)9-18(3)8-12-6-13(7-15)19(4)11(12)2;2-1-3/h6,10H,5,8-9H2,1-4H3;1H,(H,2,3). The van der Waals surface area contributed by atoms with E-state index in [0.717, 1.165) is 31.2 Å². The zero-order valence-corrected chi connectivity index (χ0v) is 13.9. The maximum atomic E-state index is 9.06. The van der Waals surface area contributed by atoms with E-state index in [9.17, 15) is 0 Å². The number of aromatic nitrogens is 4. The van der Waals surface area contributed by atoms with E-state index in [4.69, 9.17) is 15.2 Å². The van der Waals surface area contributed by atoms with Crippen molar-refractivity contribution in [1.29, 1.82) is 5.26 Å². The Bertz CT molecular complexity index is 683. The third-order valence-electron chi connectivity index (χ3n) is 3.64. The first kappa shape index (κ1) is 18.4. The number of rotatable bonds is 5. The van der Waals surface area contributed by atoms with E-state index in [1.807, 2.05) is 36.2 Å². The minimum atomic E-state index is -0.250. The third-order valence-corrected chi connectivity index (χ3v) is 3.64. The highest BCUT2D eigenvalue weighted by Crippen LogP contribution is 2.16. The Labute approximate surface area is 135 Å². The molecule has 0 aliphatic rings. The molecule has 0 atom stereocenters. The predicted octanol–water partition coefficient (Wildman–Crippen LogP) is 1.15. The zero-order chi connectivity index (χ0) is 17.4. The average Bonchev–Trinajstić information content (AvgIpc) is 3.07. The molecule has 2 rings (SSSR count). The molecule has 8 heteroatoms. The molecule has 0 aliphatic carbocycles. The molecule has 23 heavy (non-hydrogen) atoms. The smallest absolute Gasteiger partial charge is 0.290 e. The maximum absolute atomic E-state index is 9.06. The van der Waals surface area contributed by atoms with Crippen LogP contribution in [0.1, 0.15) is 29.7 Å². The van der Waals surface area contributed by atoms with Crippen LogP contribution >= 0.6 is 0 Å². The van der Waals surface area contributed by atoms with Gasteiger partial charge >= 0.3 is 0 Å². The fourth-order valence-electron chi connectivity index (χ4n) is 2.28. The largest absolute Gasteiger partial charge is 0.483 e. The van der Waals surface area contributed by atoms with Crippen molar-refractivity contribution in [1.82, 2.24) is 24.2 Å². The molecule has 0 radical (unpaired) electrons. The van der Waals surface area contributed by atoms with Crippen molar-refractivity contribution in [3.63, 3.8) is 0 Å². The van der Waals surface area contributed by atoms with Gasteiger partial charge in [-0.2, -0.15) is 5.26 Å². The molecule has 2 aromatic heterocycles. The Morgan fingerprint density at radius 3 is 2.65 bits per heavy atom. The summed E-state index contributed by atoms with van der Waals surface area (Å²) in [5, 5.41) is 24.0. The lowest BCUT2D eigenvalue weighted by Crippen LogP contribution is -2.20. The van der Waals surface area contributed by atoms with Crippen LogP contribution in [0.2, 0.25) is 0 Å². The molecule has 0 saturated heterocycles. The van der Waals surface area contributed by atoms with Crippen LogP contribution in [-0.4, -0.2) is 42.9 Å². The van der Waals surface area contributed by atoms with Gasteiger partial charge in [0.15, 0.2) is 0 Å². The average molecular weight is 318 g/mol. The van der Waals surface area contributed by atoms with Gasteiger partial charge in [0.1, 0.15) is 23.9 Å². The van der Waals surface area contributed by atoms with Gasteiger partial charge in [-0.1, -0.05) is 0 Å². The molecule has 2 aromatic rings. The molecular formula is C15H22N6O2. The molecule has 0 unspecified atom stereocenters. The number of carboxylic acid groups (broad SMARTS) is 1. The van der Waals surface area contributed by atoms with Crippen molar-refractivity contribution in [2.24, 2.45) is 7.05 Å². The van der Waals surface area contributed by atoms with E-state index in [1.165, 1.54) is 5.56 Å². The lowest BCUT2D eigenvalue weighted by Gasteiger charge is -2.16. The highest BCUT2D eigenvalue weighted by molar-refractivity contribution is 5.34. The van der Waals surface area contributed by atoms with Crippen molar-refractivity contribution in [2.45, 2.75) is 33.5 Å². The number of aryl methyl sites for hydroxylation is 1. The first-order valence-electron chi connectivity index (χ1n) is 7.16. The summed E-state index contributed by atoms with van der Waals surface area (Å²) in [5.41, 5.74) is 3.00. The topological polar surface area (TPSA) is 100.0 Å². The first-order chi connectivity index (χ1) is 11.0. The summed E-state index contributed by atoms with van der Waals surface area (Å²) >= 11 is 0. The van der Waals surface area contributed by atoms with E-state index >= 15 is 0 Å². The Kier molecular flexibility index (Phi) is 6.96. The Hall–Kier alpha value is -2.66. The molecule has 0 aromatic carbocycles. The van der Waals surface area contributed by atoms with Crippen molar-refractivity contribution < 1.29 is 9.90 Å². The van der Waals surface area contributed by atoms with Gasteiger partial charge in [0.25, 0.3) is 6.47 Å². The molecule has 8 nitrogen and oxygen atoms in total. The normalized spacial score (nSPS) is 10.1. The van der Waals surface area contributed by atoms with Crippen molar-refractivity contribution >= 4 is 6.47 Å². The van der Waals surface area contributed by atoms with Crippen LogP contribution in [0.4, 0.5) is 0 Å². The van der Waals surface area contributed by atoms with Gasteiger partial charge in [0, 0.05) is 25.8 Å². The first-order valence-corrected chi connectivity index (χ1v) is 7.16. The van der Waals surface area contributed by atoms with E-state index in [-0.39, 0.29) is 6.47 Å². The van der Waals surface area contributed by atoms with E-state index < -0.39 is 0 Å². The number of hydrogen-bond acceptors (Lipinski definition) is 5. The molecule has 0 fully saturated rings. The van der Waals surface area contributed by atoms with Gasteiger partial charge in [-0.25, -0.2) is 0 Å². The minimum Gasteiger partial charge on any atom is -0.483 e. The quantitative estimate of drug-likeness (QED) is 0.830. The molecular weight excluding hydrogens is 296 g/mol. The third kappa shape index (κ3) is 4.66. The second-order valence-electron chi connectivity index (χ2n) is 5.12. The van der Waals surface area contributed by atoms with E-state index in [0.29, 0.717) is 5.69 Å². The van der Waals surface area contributed by atoms with Crippen molar-refractivity contribution in [2.75, 3.05) is 7.05 Å². The second kappa shape index (κ2) is 8.70. The van der Waals surface area contributed by atoms with Crippen LogP contribution in [0.25, 0.3) is 0 Å². The molecule has 2 heterocycles. The van der Waals surface area contributed by atoms with Crippen molar-refractivity contribution in [3.8, 4) is 6.07 Å². The molecule has 0 spiro atoms. The summed E-state index contributed by atoms with van der Waals surface area (Å²) in [6.07, 6.45) is 1.75. The lowest BCUT2D eigenvalue weighted by atomic mass is 10.2. The number of nitrogens with zero attached hydrogens (tertiary/aromatic N) is 6. The van der Waals surface area contributed by atoms with Gasteiger partial charge < -0.3 is 14.2 Å². The van der Waals surface area contributed by atoms with Crippen LogP contribution in [0.5, 0.6) is 0 Å². The summed E-state index contributed by atoms with van der Waals surface area (Å²) in [6, 6.07) is 4.17. The van der Waals surface area contributed by atoms with E-state index in [2.05, 4.69) is 28.1 Å². The number of carbonyl (C=O) groups is 1. The minimum absolute atomic E-state index is 0.250. The Morgan fingerprint density at radius 1 is 1.48 bits per heavy atom. The van der Waals surface area contributed by atoms with Crippen LogP contribution in [0.15, 0.2) is 12.4 Å². The van der Waals surface area contributed by atoms with Crippen molar-refractivity contribution in [3.05, 3.63) is 35.2 Å². The van der Waals surface area contributed by atoms with Crippen LogP contribution in [0.3, 0.4) is 0 Å². The Morgan fingerprint density at radius 2 is 2.13 bits per heavy atom. The fourth-order valence-corrected chi connectivity index (χ4v) is 2.28. The number of hydrogen-bond donors (Lipinski definition) is 1. The molecule has 0 saturated carbocycles. The molecule has 0 aliphatic heterocycles.